The van der Waals surface area contributed by atoms with Crippen LogP contribution in [-0.4, -0.2) is 11.5 Å². The molecular weight excluding hydrogens is 246 g/mol. The normalized spacial score (nSPS) is 24.6. The Hall–Kier alpha value is -1.09. The lowest BCUT2D eigenvalue weighted by molar-refractivity contribution is 0.211. The fraction of sp³-hybridized carbons (Fsp3) is 0.706. The Kier molecular flexibility index (Phi) is 5.41. The van der Waals surface area contributed by atoms with E-state index in [1.807, 2.05) is 6.20 Å². The fourth-order valence-electron chi connectivity index (χ4n) is 3.61. The van der Waals surface area contributed by atoms with E-state index in [-0.39, 0.29) is 0 Å². The highest BCUT2D eigenvalue weighted by Gasteiger charge is 2.29. The number of nitrogens with two attached hydrogens (primary N) is 1. The summed E-state index contributed by atoms with van der Waals surface area (Å²) in [4.78, 5) is 4.35. The third-order valence-electron chi connectivity index (χ3n) is 4.72. The van der Waals surface area contributed by atoms with Crippen molar-refractivity contribution in [2.45, 2.75) is 58.9 Å². The zero-order chi connectivity index (χ0) is 14.5. The van der Waals surface area contributed by atoms with Gasteiger partial charge in [0.05, 0.1) is 0 Å². The summed E-state index contributed by atoms with van der Waals surface area (Å²) in [6, 6.07) is 2.58. The predicted molar refractivity (Wildman–Crippen MR) is 85.5 cm³/mol. The van der Waals surface area contributed by atoms with Gasteiger partial charge < -0.3 is 11.1 Å². The molecule has 112 valence electrons. The molecule has 3 atom stereocenters. The molecule has 1 aliphatic carbocycles. The lowest BCUT2D eigenvalue weighted by atomic mass is 9.75. The summed E-state index contributed by atoms with van der Waals surface area (Å²) in [5.74, 6) is 2.27. The van der Waals surface area contributed by atoms with Crippen molar-refractivity contribution in [2.75, 3.05) is 12.3 Å². The number of aromatic nitrogens is 1. The SMILES string of the molecule is CCNC(c1cc(C)cnc1N)C1CCCC(CC)C1. The Labute approximate surface area is 123 Å². The van der Waals surface area contributed by atoms with Gasteiger partial charge >= 0.3 is 0 Å². The Morgan fingerprint density at radius 1 is 1.40 bits per heavy atom. The third-order valence-corrected chi connectivity index (χ3v) is 4.72. The molecule has 0 aromatic carbocycles. The number of anilines is 1. The first-order valence-electron chi connectivity index (χ1n) is 8.11. The van der Waals surface area contributed by atoms with E-state index < -0.39 is 0 Å². The number of aryl methyl sites for hydroxylation is 1. The lowest BCUT2D eigenvalue weighted by Crippen LogP contribution is -2.32. The first-order chi connectivity index (χ1) is 9.65. The summed E-state index contributed by atoms with van der Waals surface area (Å²) in [6.45, 7) is 7.56. The van der Waals surface area contributed by atoms with Gasteiger partial charge in [-0.2, -0.15) is 0 Å². The van der Waals surface area contributed by atoms with Crippen molar-refractivity contribution in [3.05, 3.63) is 23.4 Å². The van der Waals surface area contributed by atoms with Gasteiger partial charge in [0.1, 0.15) is 5.82 Å². The zero-order valence-electron chi connectivity index (χ0n) is 13.2. The van der Waals surface area contributed by atoms with Crippen LogP contribution in [0.15, 0.2) is 12.3 Å². The minimum absolute atomic E-state index is 0.363. The van der Waals surface area contributed by atoms with Crippen LogP contribution in [0.4, 0.5) is 5.82 Å². The molecule has 1 saturated carbocycles. The summed E-state index contributed by atoms with van der Waals surface area (Å²) in [7, 11) is 0. The maximum Gasteiger partial charge on any atom is 0.128 e. The van der Waals surface area contributed by atoms with Gasteiger partial charge in [0.15, 0.2) is 0 Å². The fourth-order valence-corrected chi connectivity index (χ4v) is 3.61. The van der Waals surface area contributed by atoms with Gasteiger partial charge in [0.25, 0.3) is 0 Å². The quantitative estimate of drug-likeness (QED) is 0.858. The van der Waals surface area contributed by atoms with Gasteiger partial charge in [-0.1, -0.05) is 33.1 Å². The van der Waals surface area contributed by atoms with E-state index in [4.69, 9.17) is 5.73 Å². The van der Waals surface area contributed by atoms with Crippen LogP contribution in [0.5, 0.6) is 0 Å². The molecule has 0 aliphatic heterocycles. The maximum absolute atomic E-state index is 6.14. The van der Waals surface area contributed by atoms with Gasteiger partial charge in [-0.3, -0.25) is 0 Å². The molecule has 3 nitrogen and oxygen atoms in total. The number of hydrogen-bond donors (Lipinski definition) is 2. The standard InChI is InChI=1S/C17H29N3/c1-4-13-7-6-8-14(10-13)16(19-5-2)15-9-12(3)11-20-17(15)18/h9,11,13-14,16,19H,4-8,10H2,1-3H3,(H2,18,20). The largest absolute Gasteiger partial charge is 0.383 e. The molecule has 1 fully saturated rings. The summed E-state index contributed by atoms with van der Waals surface area (Å²) < 4.78 is 0. The van der Waals surface area contributed by atoms with Crippen molar-refractivity contribution in [3.63, 3.8) is 0 Å². The van der Waals surface area contributed by atoms with Crippen LogP contribution in [0.3, 0.4) is 0 Å². The van der Waals surface area contributed by atoms with E-state index >= 15 is 0 Å². The van der Waals surface area contributed by atoms with Gasteiger partial charge in [-0.15, -0.1) is 0 Å². The Morgan fingerprint density at radius 2 is 2.20 bits per heavy atom. The van der Waals surface area contributed by atoms with Crippen LogP contribution in [-0.2, 0) is 0 Å². The molecule has 1 aromatic heterocycles. The molecule has 2 rings (SSSR count). The second-order valence-corrected chi connectivity index (χ2v) is 6.22. The number of nitrogens with zero attached hydrogens (tertiary/aromatic N) is 1. The minimum Gasteiger partial charge on any atom is -0.383 e. The molecule has 0 bridgehead atoms. The molecule has 1 heterocycles. The molecule has 20 heavy (non-hydrogen) atoms. The van der Waals surface area contributed by atoms with Gasteiger partial charge in [0, 0.05) is 17.8 Å². The first-order valence-corrected chi connectivity index (χ1v) is 8.11. The summed E-state index contributed by atoms with van der Waals surface area (Å²) in [5, 5.41) is 3.66. The van der Waals surface area contributed by atoms with E-state index in [0.29, 0.717) is 17.8 Å². The van der Waals surface area contributed by atoms with Crippen molar-refractivity contribution >= 4 is 5.82 Å². The maximum atomic E-state index is 6.14. The number of hydrogen-bond acceptors (Lipinski definition) is 3. The molecule has 0 amide bonds. The molecule has 0 saturated heterocycles. The van der Waals surface area contributed by atoms with E-state index in [2.05, 4.69) is 37.1 Å². The Bertz CT molecular complexity index is 430. The van der Waals surface area contributed by atoms with Crippen LogP contribution in [0, 0.1) is 18.8 Å². The predicted octanol–water partition coefficient (Wildman–Crippen LogP) is 3.84. The van der Waals surface area contributed by atoms with Crippen LogP contribution in [0.2, 0.25) is 0 Å². The van der Waals surface area contributed by atoms with Crippen LogP contribution in [0.1, 0.15) is 63.1 Å². The number of rotatable bonds is 5. The van der Waals surface area contributed by atoms with E-state index in [1.165, 1.54) is 43.2 Å². The van der Waals surface area contributed by atoms with Crippen molar-refractivity contribution in [2.24, 2.45) is 11.8 Å². The molecular formula is C17H29N3. The molecule has 1 aliphatic rings. The van der Waals surface area contributed by atoms with Crippen molar-refractivity contribution < 1.29 is 0 Å². The second kappa shape index (κ2) is 7.07. The number of pyridine rings is 1. The van der Waals surface area contributed by atoms with E-state index in [0.717, 1.165) is 12.5 Å². The van der Waals surface area contributed by atoms with Crippen molar-refractivity contribution in [1.29, 1.82) is 0 Å². The van der Waals surface area contributed by atoms with Crippen molar-refractivity contribution in [1.82, 2.24) is 10.3 Å². The van der Waals surface area contributed by atoms with Gasteiger partial charge in [-0.05, 0) is 49.8 Å². The highest BCUT2D eigenvalue weighted by atomic mass is 14.9. The van der Waals surface area contributed by atoms with Gasteiger partial charge in [0.2, 0.25) is 0 Å². The summed E-state index contributed by atoms with van der Waals surface area (Å²) in [5.41, 5.74) is 8.54. The average Bonchev–Trinajstić information content (AvgIpc) is 2.47. The Morgan fingerprint density at radius 3 is 2.90 bits per heavy atom. The molecule has 3 N–H and O–H groups in total. The third kappa shape index (κ3) is 3.51. The minimum atomic E-state index is 0.363. The highest BCUT2D eigenvalue weighted by Crippen LogP contribution is 2.39. The van der Waals surface area contributed by atoms with Crippen LogP contribution in [0.25, 0.3) is 0 Å². The molecule has 0 spiro atoms. The Balaban J connectivity index is 2.23. The first kappa shape index (κ1) is 15.3. The topological polar surface area (TPSA) is 50.9 Å². The second-order valence-electron chi connectivity index (χ2n) is 6.22. The van der Waals surface area contributed by atoms with Crippen LogP contribution < -0.4 is 11.1 Å². The van der Waals surface area contributed by atoms with E-state index in [9.17, 15) is 0 Å². The lowest BCUT2D eigenvalue weighted by Gasteiger charge is -2.35. The monoisotopic (exact) mass is 275 g/mol. The molecule has 3 heteroatoms. The number of nitrogen functional groups attached to an aromatic ring is 1. The van der Waals surface area contributed by atoms with Gasteiger partial charge in [-0.25, -0.2) is 4.98 Å². The summed E-state index contributed by atoms with van der Waals surface area (Å²) >= 11 is 0. The van der Waals surface area contributed by atoms with Crippen molar-refractivity contribution in [3.8, 4) is 0 Å². The molecule has 0 radical (unpaired) electrons. The van der Waals surface area contributed by atoms with E-state index in [1.54, 1.807) is 0 Å². The average molecular weight is 275 g/mol. The highest BCUT2D eigenvalue weighted by molar-refractivity contribution is 5.43. The van der Waals surface area contributed by atoms with Crippen LogP contribution >= 0.6 is 0 Å². The molecule has 3 unspecified atom stereocenters. The number of nitrogens with one attached hydrogen (secondary N) is 1. The molecule has 1 aromatic rings. The summed E-state index contributed by atoms with van der Waals surface area (Å²) in [6.07, 6.45) is 8.54. The smallest absolute Gasteiger partial charge is 0.128 e. The zero-order valence-corrected chi connectivity index (χ0v) is 13.2.